The van der Waals surface area contributed by atoms with E-state index in [1.807, 2.05) is 0 Å². The molecule has 0 aliphatic carbocycles. The number of aromatic amines is 1. The van der Waals surface area contributed by atoms with Crippen molar-refractivity contribution in [2.75, 3.05) is 5.73 Å². The third-order valence-electron chi connectivity index (χ3n) is 3.80. The van der Waals surface area contributed by atoms with Crippen LogP contribution in [0, 0.1) is 11.3 Å². The Morgan fingerprint density at radius 2 is 2.33 bits per heavy atom. The molecule has 11 heteroatoms. The van der Waals surface area contributed by atoms with Crippen molar-refractivity contribution in [3.05, 3.63) is 16.7 Å². The summed E-state index contributed by atoms with van der Waals surface area (Å²) in [6.07, 6.45) is -3.26. The van der Waals surface area contributed by atoms with E-state index in [9.17, 15) is 15.0 Å². The summed E-state index contributed by atoms with van der Waals surface area (Å²) in [5.41, 5.74) is 5.14. The number of aliphatic hydroxyl groups is 2. The highest BCUT2D eigenvalue weighted by molar-refractivity contribution is 6.32. The van der Waals surface area contributed by atoms with Gasteiger partial charge in [0.2, 0.25) is 5.95 Å². The summed E-state index contributed by atoms with van der Waals surface area (Å²) in [6.45, 7) is 1.44. The van der Waals surface area contributed by atoms with Crippen LogP contribution in [0.15, 0.2) is 11.1 Å². The molecule has 9 nitrogen and oxygen atoms in total. The summed E-state index contributed by atoms with van der Waals surface area (Å²) in [4.78, 5) is 20.5. The fourth-order valence-corrected chi connectivity index (χ4v) is 3.21. The normalized spacial score (nSPS) is 31.0. The topological polar surface area (TPSA) is 139 Å². The Balaban J connectivity index is 2.20. The molecule has 5 atom stereocenters. The average molecular weight is 374 g/mol. The van der Waals surface area contributed by atoms with Gasteiger partial charge >= 0.3 is 0 Å². The summed E-state index contributed by atoms with van der Waals surface area (Å²) < 4.78 is 6.99. The first-order valence-electron chi connectivity index (χ1n) is 6.85. The maximum Gasteiger partial charge on any atom is 0.280 e. The second-order valence-corrected chi connectivity index (χ2v) is 6.22. The zero-order valence-corrected chi connectivity index (χ0v) is 13.8. The van der Waals surface area contributed by atoms with Crippen LogP contribution in [0.5, 0.6) is 0 Å². The second kappa shape index (κ2) is 5.91. The molecular formula is C13H13Cl2N5O4. The van der Waals surface area contributed by atoms with Gasteiger partial charge in [0.15, 0.2) is 22.3 Å². The first-order chi connectivity index (χ1) is 11.3. The number of rotatable bonds is 2. The number of alkyl halides is 1. The minimum atomic E-state index is -1.68. The molecule has 2 aromatic rings. The quantitative estimate of drug-likeness (QED) is 0.411. The lowest BCUT2D eigenvalue weighted by molar-refractivity contribution is -0.0752. The predicted molar refractivity (Wildman–Crippen MR) is 86.4 cm³/mol. The third-order valence-corrected chi connectivity index (χ3v) is 4.40. The van der Waals surface area contributed by atoms with Crippen molar-refractivity contribution in [2.24, 2.45) is 0 Å². The number of ether oxygens (including phenoxy) is 1. The molecule has 2 aromatic heterocycles. The van der Waals surface area contributed by atoms with Crippen molar-refractivity contribution in [1.29, 1.82) is 0 Å². The molecule has 3 heterocycles. The van der Waals surface area contributed by atoms with Crippen LogP contribution in [0.25, 0.3) is 11.2 Å². The molecule has 1 aliphatic heterocycles. The Morgan fingerprint density at radius 3 is 2.96 bits per heavy atom. The molecule has 24 heavy (non-hydrogen) atoms. The van der Waals surface area contributed by atoms with Crippen LogP contribution in [0.2, 0.25) is 0 Å². The molecule has 0 aromatic carbocycles. The van der Waals surface area contributed by atoms with Crippen molar-refractivity contribution >= 4 is 40.3 Å². The molecular weight excluding hydrogens is 361 g/mol. The van der Waals surface area contributed by atoms with Gasteiger partial charge in [0.25, 0.3) is 5.56 Å². The number of H-pyrrole nitrogens is 1. The zero-order valence-electron chi connectivity index (χ0n) is 12.3. The highest BCUT2D eigenvalue weighted by Gasteiger charge is 2.57. The lowest BCUT2D eigenvalue weighted by Gasteiger charge is -2.25. The highest BCUT2D eigenvalue weighted by Crippen LogP contribution is 2.44. The van der Waals surface area contributed by atoms with E-state index in [1.54, 1.807) is 0 Å². The van der Waals surface area contributed by atoms with Crippen molar-refractivity contribution in [3.8, 4) is 11.3 Å². The van der Waals surface area contributed by atoms with E-state index in [-0.39, 0.29) is 17.1 Å². The molecule has 5 N–H and O–H groups in total. The van der Waals surface area contributed by atoms with Crippen LogP contribution in [-0.2, 0) is 4.74 Å². The fourth-order valence-electron chi connectivity index (χ4n) is 2.68. The number of hydrogen-bond acceptors (Lipinski definition) is 7. The van der Waals surface area contributed by atoms with Crippen molar-refractivity contribution in [2.45, 2.75) is 36.3 Å². The monoisotopic (exact) mass is 373 g/mol. The van der Waals surface area contributed by atoms with E-state index in [2.05, 4.69) is 26.3 Å². The Hall–Kier alpha value is -1.83. The molecule has 4 unspecified atom stereocenters. The van der Waals surface area contributed by atoms with Gasteiger partial charge in [0.1, 0.15) is 12.2 Å². The number of nitrogens with one attached hydrogen (secondary N) is 1. The first-order valence-corrected chi connectivity index (χ1v) is 7.60. The molecule has 0 amide bonds. The minimum absolute atomic E-state index is 0.0145. The van der Waals surface area contributed by atoms with Gasteiger partial charge < -0.3 is 20.7 Å². The lowest BCUT2D eigenvalue weighted by Crippen LogP contribution is -2.43. The Bertz CT molecular complexity index is 901. The largest absolute Gasteiger partial charge is 0.391 e. The number of hydrogen-bond donors (Lipinski definition) is 4. The number of nitrogen functional groups attached to an aromatic ring is 1. The molecule has 128 valence electrons. The standard InChI is InChI=1S/C13H13Cl2N5O4/c1-5(21)7-8(22)13(15,2-3-14)11(24-7)20-4-17-6-9(20)18-12(16)19-10(6)23/h4-5,7-8,11,21-22H,1H3,(H3,16,18,19,23)/t5?,7?,8-,11?,13?/m0/s1. The average Bonchev–Trinajstić information content (AvgIpc) is 3.00. The van der Waals surface area contributed by atoms with Crippen LogP contribution >= 0.6 is 23.2 Å². The van der Waals surface area contributed by atoms with Gasteiger partial charge in [0, 0.05) is 5.38 Å². The van der Waals surface area contributed by atoms with Crippen LogP contribution < -0.4 is 11.3 Å². The number of anilines is 1. The fraction of sp³-hybridized carbons (Fsp3) is 0.462. The molecule has 1 aliphatic rings. The van der Waals surface area contributed by atoms with Gasteiger partial charge in [-0.2, -0.15) is 4.98 Å². The summed E-state index contributed by atoms with van der Waals surface area (Å²) in [7, 11) is 0. The maximum atomic E-state index is 11.9. The summed E-state index contributed by atoms with van der Waals surface area (Å²) >= 11 is 11.9. The van der Waals surface area contributed by atoms with E-state index in [4.69, 9.17) is 33.7 Å². The second-order valence-electron chi connectivity index (χ2n) is 5.40. The Kier molecular flexibility index (Phi) is 4.19. The third kappa shape index (κ3) is 2.44. The van der Waals surface area contributed by atoms with Crippen LogP contribution in [-0.4, -0.2) is 52.9 Å². The summed E-state index contributed by atoms with van der Waals surface area (Å²) in [5.74, 6) is 2.37. The van der Waals surface area contributed by atoms with Gasteiger partial charge in [-0.3, -0.25) is 14.3 Å². The zero-order chi connectivity index (χ0) is 17.6. The summed E-state index contributed by atoms with van der Waals surface area (Å²) in [6, 6.07) is 0. The molecule has 3 rings (SSSR count). The molecule has 1 fully saturated rings. The smallest absolute Gasteiger partial charge is 0.280 e. The van der Waals surface area contributed by atoms with Gasteiger partial charge in [-0.15, -0.1) is 0 Å². The molecule has 1 saturated heterocycles. The Morgan fingerprint density at radius 1 is 1.62 bits per heavy atom. The maximum absolute atomic E-state index is 11.9. The number of nitrogens with zero attached hydrogens (tertiary/aromatic N) is 3. The van der Waals surface area contributed by atoms with Crippen LogP contribution in [0.4, 0.5) is 5.95 Å². The number of halogens is 2. The number of aromatic nitrogens is 4. The summed E-state index contributed by atoms with van der Waals surface area (Å²) in [5, 5.41) is 22.4. The molecule has 0 bridgehead atoms. The highest BCUT2D eigenvalue weighted by atomic mass is 35.5. The van der Waals surface area contributed by atoms with E-state index in [1.165, 1.54) is 17.8 Å². The molecule has 0 radical (unpaired) electrons. The first kappa shape index (κ1) is 17.0. The lowest BCUT2D eigenvalue weighted by atomic mass is 9.97. The molecule has 0 spiro atoms. The van der Waals surface area contributed by atoms with E-state index in [0.717, 1.165) is 0 Å². The van der Waals surface area contributed by atoms with Gasteiger partial charge in [-0.05, 0) is 18.5 Å². The molecule has 0 saturated carbocycles. The van der Waals surface area contributed by atoms with Gasteiger partial charge in [0.05, 0.1) is 12.4 Å². The Labute approximate surface area is 145 Å². The van der Waals surface area contributed by atoms with Crippen molar-refractivity contribution in [3.63, 3.8) is 0 Å². The van der Waals surface area contributed by atoms with Gasteiger partial charge in [-0.25, -0.2) is 4.98 Å². The minimum Gasteiger partial charge on any atom is -0.391 e. The number of aliphatic hydroxyl groups excluding tert-OH is 2. The van der Waals surface area contributed by atoms with Crippen LogP contribution in [0.3, 0.4) is 0 Å². The van der Waals surface area contributed by atoms with Crippen molar-refractivity contribution in [1.82, 2.24) is 19.5 Å². The van der Waals surface area contributed by atoms with E-state index >= 15 is 0 Å². The number of imidazole rings is 1. The number of nitrogens with two attached hydrogens (primary N) is 1. The van der Waals surface area contributed by atoms with E-state index in [0.29, 0.717) is 0 Å². The van der Waals surface area contributed by atoms with Gasteiger partial charge in [-0.1, -0.05) is 17.5 Å². The SMILES string of the molecule is CC(O)C1OC(n2cnc3c(=O)[nH]c(N)nc32)C(Cl)(C#CCl)[C@H]1O. The van der Waals surface area contributed by atoms with E-state index < -0.39 is 35.0 Å². The van der Waals surface area contributed by atoms with Crippen molar-refractivity contribution < 1.29 is 14.9 Å². The van der Waals surface area contributed by atoms with Crippen LogP contribution in [0.1, 0.15) is 13.2 Å². The number of fused-ring (bicyclic) bond motifs is 1. The predicted octanol–water partition coefficient (Wildman–Crippen LogP) is -0.482.